The lowest BCUT2D eigenvalue weighted by Crippen LogP contribution is -2.54. The molecule has 32 heavy (non-hydrogen) atoms. The molecular formula is C25H26ClN3O3. The number of nitrogens with zero attached hydrogens (tertiary/aromatic N) is 2. The van der Waals surface area contributed by atoms with Crippen LogP contribution in [-0.4, -0.2) is 29.9 Å². The van der Waals surface area contributed by atoms with Crippen LogP contribution in [-0.2, 0) is 9.59 Å². The molecule has 6 nitrogen and oxygen atoms in total. The maximum absolute atomic E-state index is 13.1. The van der Waals surface area contributed by atoms with Gasteiger partial charge in [0.15, 0.2) is 0 Å². The van der Waals surface area contributed by atoms with Gasteiger partial charge in [-0.1, -0.05) is 24.6 Å². The third kappa shape index (κ3) is 3.79. The molecule has 1 unspecified atom stereocenters. The quantitative estimate of drug-likeness (QED) is 0.519. The molecule has 2 aromatic rings. The fourth-order valence-electron chi connectivity index (χ4n) is 4.85. The number of imide groups is 2. The Morgan fingerprint density at radius 1 is 1.12 bits per heavy atom. The molecule has 1 saturated heterocycles. The van der Waals surface area contributed by atoms with Crippen molar-refractivity contribution < 1.29 is 14.4 Å². The van der Waals surface area contributed by atoms with Gasteiger partial charge in [0.05, 0.1) is 5.69 Å². The normalized spacial score (nSPS) is 21.6. The summed E-state index contributed by atoms with van der Waals surface area (Å²) in [6.07, 6.45) is 2.56. The summed E-state index contributed by atoms with van der Waals surface area (Å²) in [5.74, 6) is -1.03. The number of rotatable bonds is 3. The van der Waals surface area contributed by atoms with E-state index in [0.717, 1.165) is 23.4 Å². The summed E-state index contributed by atoms with van der Waals surface area (Å²) >= 11 is 5.92. The minimum atomic E-state index is -0.778. The molecule has 2 aliphatic rings. The average Bonchev–Trinajstić information content (AvgIpc) is 2.72. The topological polar surface area (TPSA) is 69.7 Å². The summed E-state index contributed by atoms with van der Waals surface area (Å²) in [6.45, 7) is 9.74. The van der Waals surface area contributed by atoms with Crippen molar-refractivity contribution in [3.63, 3.8) is 0 Å². The number of nitrogens with one attached hydrogen (secondary N) is 1. The van der Waals surface area contributed by atoms with Crippen molar-refractivity contribution >= 4 is 46.9 Å². The van der Waals surface area contributed by atoms with E-state index in [1.807, 2.05) is 12.1 Å². The highest BCUT2D eigenvalue weighted by atomic mass is 35.5. The van der Waals surface area contributed by atoms with Gasteiger partial charge in [-0.25, -0.2) is 9.69 Å². The summed E-state index contributed by atoms with van der Waals surface area (Å²) in [5.41, 5.74) is 3.42. The number of amides is 4. The number of carbonyl (C=O) groups is 3. The van der Waals surface area contributed by atoms with E-state index in [9.17, 15) is 14.4 Å². The molecular weight excluding hydrogens is 426 g/mol. The van der Waals surface area contributed by atoms with Crippen molar-refractivity contribution in [3.05, 3.63) is 64.2 Å². The van der Waals surface area contributed by atoms with E-state index in [1.165, 1.54) is 11.3 Å². The molecule has 166 valence electrons. The molecule has 2 heterocycles. The second kappa shape index (κ2) is 8.10. The fraction of sp³-hybridized carbons (Fsp3) is 0.320. The molecule has 0 radical (unpaired) electrons. The number of hydrogen-bond acceptors (Lipinski definition) is 4. The van der Waals surface area contributed by atoms with Crippen LogP contribution in [0.4, 0.5) is 16.2 Å². The lowest BCUT2D eigenvalue weighted by atomic mass is 9.79. The molecule has 4 rings (SSSR count). The number of hydrogen-bond donors (Lipinski definition) is 1. The van der Waals surface area contributed by atoms with Crippen LogP contribution in [0.25, 0.3) is 6.08 Å². The van der Waals surface area contributed by atoms with Gasteiger partial charge in [0.25, 0.3) is 11.8 Å². The lowest BCUT2D eigenvalue weighted by molar-refractivity contribution is -0.122. The second-order valence-corrected chi connectivity index (χ2v) is 9.35. The molecule has 0 aromatic heterocycles. The Labute approximate surface area is 192 Å². The van der Waals surface area contributed by atoms with Crippen molar-refractivity contribution in [2.24, 2.45) is 0 Å². The summed E-state index contributed by atoms with van der Waals surface area (Å²) in [7, 11) is 0. The van der Waals surface area contributed by atoms with E-state index in [2.05, 4.69) is 44.0 Å². The van der Waals surface area contributed by atoms with E-state index < -0.39 is 17.8 Å². The van der Waals surface area contributed by atoms with Gasteiger partial charge in [-0.2, -0.15) is 0 Å². The van der Waals surface area contributed by atoms with Gasteiger partial charge in [-0.3, -0.25) is 14.9 Å². The van der Waals surface area contributed by atoms with E-state index in [0.29, 0.717) is 16.6 Å². The van der Waals surface area contributed by atoms with Crippen LogP contribution >= 0.6 is 11.6 Å². The Morgan fingerprint density at radius 2 is 1.81 bits per heavy atom. The molecule has 1 N–H and O–H groups in total. The second-order valence-electron chi connectivity index (χ2n) is 8.91. The summed E-state index contributed by atoms with van der Waals surface area (Å²) < 4.78 is 0. The number of benzene rings is 2. The van der Waals surface area contributed by atoms with Crippen molar-refractivity contribution in [2.45, 2.75) is 45.6 Å². The average molecular weight is 452 g/mol. The Morgan fingerprint density at radius 3 is 2.47 bits per heavy atom. The molecule has 2 aliphatic heterocycles. The van der Waals surface area contributed by atoms with E-state index in [4.69, 9.17) is 11.6 Å². The van der Waals surface area contributed by atoms with Gasteiger partial charge >= 0.3 is 6.03 Å². The molecule has 1 fully saturated rings. The number of halogens is 1. The van der Waals surface area contributed by atoms with Gasteiger partial charge in [0.1, 0.15) is 5.57 Å². The summed E-state index contributed by atoms with van der Waals surface area (Å²) in [5, 5.41) is 2.74. The molecule has 7 heteroatoms. The SMILES string of the molecule is CCN1c2ccc(/C=C3/C(=O)NC(=O)N(c4ccc(Cl)cc4)C3=O)cc2C(C)CC1(C)C. The van der Waals surface area contributed by atoms with Crippen LogP contribution in [0.2, 0.25) is 5.02 Å². The van der Waals surface area contributed by atoms with Crippen LogP contribution in [0.15, 0.2) is 48.0 Å². The minimum absolute atomic E-state index is 0.0554. The smallest absolute Gasteiger partial charge is 0.335 e. The first kappa shape index (κ1) is 22.1. The van der Waals surface area contributed by atoms with Gasteiger partial charge < -0.3 is 4.90 Å². The van der Waals surface area contributed by atoms with E-state index >= 15 is 0 Å². The predicted molar refractivity (Wildman–Crippen MR) is 127 cm³/mol. The largest absolute Gasteiger partial charge is 0.366 e. The van der Waals surface area contributed by atoms with Crippen LogP contribution in [0.1, 0.15) is 51.2 Å². The number of fused-ring (bicyclic) bond motifs is 1. The predicted octanol–water partition coefficient (Wildman–Crippen LogP) is 5.12. The molecule has 0 spiro atoms. The maximum atomic E-state index is 13.1. The zero-order valence-electron chi connectivity index (χ0n) is 18.6. The molecule has 0 bridgehead atoms. The summed E-state index contributed by atoms with van der Waals surface area (Å²) in [6, 6.07) is 11.5. The first-order valence-electron chi connectivity index (χ1n) is 10.7. The van der Waals surface area contributed by atoms with Gasteiger partial charge in [0.2, 0.25) is 0 Å². The van der Waals surface area contributed by atoms with Crippen molar-refractivity contribution in [2.75, 3.05) is 16.3 Å². The fourth-order valence-corrected chi connectivity index (χ4v) is 4.97. The Bertz CT molecular complexity index is 1140. The van der Waals surface area contributed by atoms with Crippen molar-refractivity contribution in [1.82, 2.24) is 5.32 Å². The third-order valence-corrected chi connectivity index (χ3v) is 6.48. The molecule has 1 atom stereocenters. The first-order chi connectivity index (χ1) is 15.1. The van der Waals surface area contributed by atoms with Crippen LogP contribution < -0.4 is 15.1 Å². The Kier molecular flexibility index (Phi) is 5.59. The van der Waals surface area contributed by atoms with Crippen LogP contribution in [0.5, 0.6) is 0 Å². The van der Waals surface area contributed by atoms with Crippen molar-refractivity contribution in [1.29, 1.82) is 0 Å². The van der Waals surface area contributed by atoms with Gasteiger partial charge in [0, 0.05) is 22.8 Å². The Hall–Kier alpha value is -3.12. The van der Waals surface area contributed by atoms with Gasteiger partial charge in [-0.05, 0) is 86.7 Å². The highest BCUT2D eigenvalue weighted by Crippen LogP contribution is 2.43. The summed E-state index contributed by atoms with van der Waals surface area (Å²) in [4.78, 5) is 41.3. The molecule has 0 aliphatic carbocycles. The number of barbiturate groups is 1. The highest BCUT2D eigenvalue weighted by Gasteiger charge is 2.38. The monoisotopic (exact) mass is 451 g/mol. The maximum Gasteiger partial charge on any atom is 0.335 e. The lowest BCUT2D eigenvalue weighted by Gasteiger charge is -2.47. The number of carbonyl (C=O) groups excluding carboxylic acids is 3. The van der Waals surface area contributed by atoms with Crippen LogP contribution in [0, 0.1) is 0 Å². The van der Waals surface area contributed by atoms with E-state index in [1.54, 1.807) is 30.3 Å². The number of anilines is 2. The van der Waals surface area contributed by atoms with Crippen molar-refractivity contribution in [3.8, 4) is 0 Å². The van der Waals surface area contributed by atoms with Gasteiger partial charge in [-0.15, -0.1) is 0 Å². The minimum Gasteiger partial charge on any atom is -0.366 e. The standard InChI is InChI=1S/C25H26ClN3O3/c1-5-28-21-11-6-16(12-19(21)15(2)14-25(28,3)4)13-20-22(30)27-24(32)29(23(20)31)18-9-7-17(26)8-10-18/h6-13,15H,5,14H2,1-4H3,(H,27,30,32)/b20-13-. The Balaban J connectivity index is 1.72. The molecule has 4 amide bonds. The molecule has 0 saturated carbocycles. The highest BCUT2D eigenvalue weighted by molar-refractivity contribution is 6.39. The molecule has 2 aromatic carbocycles. The van der Waals surface area contributed by atoms with E-state index in [-0.39, 0.29) is 11.1 Å². The number of urea groups is 1. The zero-order chi connectivity index (χ0) is 23.2. The third-order valence-electron chi connectivity index (χ3n) is 6.22. The zero-order valence-corrected chi connectivity index (χ0v) is 19.4. The first-order valence-corrected chi connectivity index (χ1v) is 11.1. The van der Waals surface area contributed by atoms with Crippen LogP contribution in [0.3, 0.4) is 0 Å².